The molecule has 1 aliphatic carbocycles. The number of nitrogens with zero attached hydrogens (tertiary/aromatic N) is 1. The van der Waals surface area contributed by atoms with Crippen molar-refractivity contribution in [3.8, 4) is 5.75 Å². The van der Waals surface area contributed by atoms with Crippen LogP contribution < -0.4 is 0 Å². The average Bonchev–Trinajstić information content (AvgIpc) is 2.44. The van der Waals surface area contributed by atoms with Gasteiger partial charge in [-0.15, -0.1) is 0 Å². The number of phenols is 1. The zero-order valence-electron chi connectivity index (χ0n) is 8.83. The van der Waals surface area contributed by atoms with E-state index >= 15 is 0 Å². The van der Waals surface area contributed by atoms with Gasteiger partial charge in [-0.3, -0.25) is 0 Å². The van der Waals surface area contributed by atoms with E-state index in [1.165, 1.54) is 11.1 Å². The van der Waals surface area contributed by atoms with Crippen molar-refractivity contribution in [2.75, 3.05) is 20.6 Å². The van der Waals surface area contributed by atoms with Crippen LogP contribution in [0.3, 0.4) is 0 Å². The molecule has 14 heavy (non-hydrogen) atoms. The fraction of sp³-hybridized carbons (Fsp3) is 0.500. The van der Waals surface area contributed by atoms with Crippen LogP contribution in [0, 0.1) is 5.92 Å². The van der Waals surface area contributed by atoms with Crippen LogP contribution in [0.2, 0.25) is 0 Å². The molecule has 0 aliphatic heterocycles. The normalized spacial score (nSPS) is 20.1. The molecule has 1 aromatic rings. The lowest BCUT2D eigenvalue weighted by Crippen LogP contribution is -2.21. The summed E-state index contributed by atoms with van der Waals surface area (Å²) in [6.45, 7) is 1.13. The summed E-state index contributed by atoms with van der Waals surface area (Å²) >= 11 is 0. The summed E-state index contributed by atoms with van der Waals surface area (Å²) in [7, 11) is 4.22. The molecule has 76 valence electrons. The molecule has 2 rings (SSSR count). The second kappa shape index (κ2) is 3.62. The second-order valence-corrected chi connectivity index (χ2v) is 4.49. The molecule has 0 amide bonds. The Morgan fingerprint density at radius 1 is 1.29 bits per heavy atom. The largest absolute Gasteiger partial charge is 0.508 e. The van der Waals surface area contributed by atoms with Crippen molar-refractivity contribution < 1.29 is 5.11 Å². The first-order valence-corrected chi connectivity index (χ1v) is 5.10. The molecule has 0 saturated heterocycles. The highest BCUT2D eigenvalue weighted by Crippen LogP contribution is 2.29. The Balaban J connectivity index is 2.10. The fourth-order valence-electron chi connectivity index (χ4n) is 2.34. The molecule has 1 unspecified atom stereocenters. The van der Waals surface area contributed by atoms with Gasteiger partial charge in [0, 0.05) is 6.54 Å². The zero-order valence-corrected chi connectivity index (χ0v) is 8.83. The summed E-state index contributed by atoms with van der Waals surface area (Å²) in [5, 5.41) is 9.35. The van der Waals surface area contributed by atoms with Gasteiger partial charge in [0.05, 0.1) is 0 Å². The van der Waals surface area contributed by atoms with Crippen LogP contribution in [-0.4, -0.2) is 30.6 Å². The maximum atomic E-state index is 9.35. The summed E-state index contributed by atoms with van der Waals surface area (Å²) in [5.41, 5.74) is 2.74. The number of phenolic OH excluding ortho intramolecular Hbond substituents is 1. The van der Waals surface area contributed by atoms with E-state index in [1.54, 1.807) is 6.07 Å². The highest BCUT2D eigenvalue weighted by atomic mass is 16.3. The van der Waals surface area contributed by atoms with Gasteiger partial charge in [-0.25, -0.2) is 0 Å². The quantitative estimate of drug-likeness (QED) is 0.768. The molecular weight excluding hydrogens is 174 g/mol. The first-order valence-electron chi connectivity index (χ1n) is 5.10. The fourth-order valence-corrected chi connectivity index (χ4v) is 2.34. The Kier molecular flexibility index (Phi) is 2.46. The van der Waals surface area contributed by atoms with Crippen LogP contribution in [0.25, 0.3) is 0 Å². The van der Waals surface area contributed by atoms with Crippen LogP contribution in [0.5, 0.6) is 5.75 Å². The summed E-state index contributed by atoms with van der Waals surface area (Å²) in [6.07, 6.45) is 2.27. The maximum Gasteiger partial charge on any atom is 0.115 e. The third-order valence-electron chi connectivity index (χ3n) is 2.83. The second-order valence-electron chi connectivity index (χ2n) is 4.49. The third-order valence-corrected chi connectivity index (χ3v) is 2.83. The molecule has 2 nitrogen and oxygen atoms in total. The van der Waals surface area contributed by atoms with Crippen molar-refractivity contribution >= 4 is 0 Å². The Labute approximate surface area is 85.2 Å². The van der Waals surface area contributed by atoms with Gasteiger partial charge in [-0.05, 0) is 56.1 Å². The van der Waals surface area contributed by atoms with Gasteiger partial charge in [0.25, 0.3) is 0 Å². The standard InChI is InChI=1S/C12H17NO/c1-13(2)8-9-5-10-3-4-12(14)7-11(10)6-9/h3-4,7,9,14H,5-6,8H2,1-2H3. The van der Waals surface area contributed by atoms with E-state index in [-0.39, 0.29) is 0 Å². The van der Waals surface area contributed by atoms with Gasteiger partial charge in [0.15, 0.2) is 0 Å². The first kappa shape index (κ1) is 9.53. The minimum Gasteiger partial charge on any atom is -0.508 e. The Morgan fingerprint density at radius 2 is 2.00 bits per heavy atom. The van der Waals surface area contributed by atoms with E-state index < -0.39 is 0 Å². The SMILES string of the molecule is CN(C)CC1Cc2ccc(O)cc2C1. The maximum absolute atomic E-state index is 9.35. The van der Waals surface area contributed by atoms with Gasteiger partial charge >= 0.3 is 0 Å². The minimum absolute atomic E-state index is 0.397. The van der Waals surface area contributed by atoms with Crippen molar-refractivity contribution in [3.63, 3.8) is 0 Å². The molecule has 0 heterocycles. The van der Waals surface area contributed by atoms with Crippen molar-refractivity contribution in [1.29, 1.82) is 0 Å². The molecule has 1 aliphatic rings. The average molecular weight is 191 g/mol. The Morgan fingerprint density at radius 3 is 2.71 bits per heavy atom. The van der Waals surface area contributed by atoms with Gasteiger partial charge in [-0.1, -0.05) is 6.07 Å². The van der Waals surface area contributed by atoms with E-state index in [9.17, 15) is 5.11 Å². The van der Waals surface area contributed by atoms with Crippen molar-refractivity contribution in [2.24, 2.45) is 5.92 Å². The highest BCUT2D eigenvalue weighted by Gasteiger charge is 2.21. The van der Waals surface area contributed by atoms with E-state index in [0.717, 1.165) is 25.3 Å². The molecule has 2 heteroatoms. The summed E-state index contributed by atoms with van der Waals surface area (Å²) < 4.78 is 0. The molecule has 0 radical (unpaired) electrons. The topological polar surface area (TPSA) is 23.5 Å². The highest BCUT2D eigenvalue weighted by molar-refractivity contribution is 5.38. The van der Waals surface area contributed by atoms with E-state index in [4.69, 9.17) is 0 Å². The minimum atomic E-state index is 0.397. The van der Waals surface area contributed by atoms with Crippen LogP contribution >= 0.6 is 0 Å². The molecule has 0 saturated carbocycles. The van der Waals surface area contributed by atoms with Crippen LogP contribution in [0.4, 0.5) is 0 Å². The van der Waals surface area contributed by atoms with Crippen LogP contribution in [0.15, 0.2) is 18.2 Å². The molecule has 1 aromatic carbocycles. The number of benzene rings is 1. The monoisotopic (exact) mass is 191 g/mol. The summed E-state index contributed by atoms with van der Waals surface area (Å²) in [5.74, 6) is 1.12. The number of aromatic hydroxyl groups is 1. The predicted molar refractivity (Wildman–Crippen MR) is 57.6 cm³/mol. The van der Waals surface area contributed by atoms with Crippen LogP contribution in [0.1, 0.15) is 11.1 Å². The molecule has 0 aromatic heterocycles. The number of fused-ring (bicyclic) bond motifs is 1. The van der Waals surface area contributed by atoms with Gasteiger partial charge in [-0.2, -0.15) is 0 Å². The Hall–Kier alpha value is -1.02. The first-order chi connectivity index (χ1) is 6.65. The van der Waals surface area contributed by atoms with Crippen molar-refractivity contribution in [3.05, 3.63) is 29.3 Å². The Bertz CT molecular complexity index is 333. The third kappa shape index (κ3) is 1.90. The van der Waals surface area contributed by atoms with Gasteiger partial charge < -0.3 is 10.0 Å². The van der Waals surface area contributed by atoms with Crippen molar-refractivity contribution in [2.45, 2.75) is 12.8 Å². The van der Waals surface area contributed by atoms with E-state index in [0.29, 0.717) is 5.75 Å². The number of hydrogen-bond donors (Lipinski definition) is 1. The van der Waals surface area contributed by atoms with E-state index in [2.05, 4.69) is 25.1 Å². The predicted octanol–water partition coefficient (Wildman–Crippen LogP) is 1.67. The molecule has 1 N–H and O–H groups in total. The molecule has 0 spiro atoms. The van der Waals surface area contributed by atoms with Gasteiger partial charge in [0.1, 0.15) is 5.75 Å². The lowest BCUT2D eigenvalue weighted by atomic mass is 10.1. The lowest BCUT2D eigenvalue weighted by molar-refractivity contribution is 0.332. The number of rotatable bonds is 2. The van der Waals surface area contributed by atoms with Crippen LogP contribution in [-0.2, 0) is 12.8 Å². The molecular formula is C12H17NO. The lowest BCUT2D eigenvalue weighted by Gasteiger charge is -2.14. The molecule has 1 atom stereocenters. The molecule has 0 bridgehead atoms. The number of hydrogen-bond acceptors (Lipinski definition) is 2. The van der Waals surface area contributed by atoms with Crippen molar-refractivity contribution in [1.82, 2.24) is 4.90 Å². The zero-order chi connectivity index (χ0) is 10.1. The summed E-state index contributed by atoms with van der Waals surface area (Å²) in [4.78, 5) is 2.23. The summed E-state index contributed by atoms with van der Waals surface area (Å²) in [6, 6.07) is 5.75. The smallest absolute Gasteiger partial charge is 0.115 e. The van der Waals surface area contributed by atoms with E-state index in [1.807, 2.05) is 6.07 Å². The molecule has 0 fully saturated rings. The van der Waals surface area contributed by atoms with Gasteiger partial charge in [0.2, 0.25) is 0 Å².